The van der Waals surface area contributed by atoms with E-state index in [0.29, 0.717) is 23.4 Å². The number of carbonyl (C=O) groups excluding carboxylic acids is 2. The van der Waals surface area contributed by atoms with E-state index in [2.05, 4.69) is 29.5 Å². The van der Waals surface area contributed by atoms with Crippen LogP contribution in [0.2, 0.25) is 0 Å². The number of anilines is 2. The zero-order chi connectivity index (χ0) is 23.9. The predicted octanol–water partition coefficient (Wildman–Crippen LogP) is 4.70. The molecule has 6 nitrogen and oxygen atoms in total. The van der Waals surface area contributed by atoms with Crippen LogP contribution >= 0.6 is 0 Å². The molecule has 0 fully saturated rings. The Morgan fingerprint density at radius 1 is 1.09 bits per heavy atom. The molecule has 0 spiro atoms. The van der Waals surface area contributed by atoms with Gasteiger partial charge in [-0.1, -0.05) is 32.0 Å². The van der Waals surface area contributed by atoms with Gasteiger partial charge in [0.15, 0.2) is 5.78 Å². The summed E-state index contributed by atoms with van der Waals surface area (Å²) in [6.45, 7) is 8.09. The number of amides is 1. The first kappa shape index (κ1) is 22.8. The van der Waals surface area contributed by atoms with Gasteiger partial charge in [-0.15, -0.1) is 0 Å². The highest BCUT2D eigenvalue weighted by molar-refractivity contribution is 6.09. The number of allylic oxidation sites excluding steroid dienone is 3. The van der Waals surface area contributed by atoms with E-state index in [1.165, 1.54) is 0 Å². The maximum Gasteiger partial charge on any atom is 0.255 e. The monoisotopic (exact) mass is 444 g/mol. The smallest absolute Gasteiger partial charge is 0.255 e. The van der Waals surface area contributed by atoms with Crippen molar-refractivity contribution in [2.75, 3.05) is 24.3 Å². The van der Waals surface area contributed by atoms with Gasteiger partial charge >= 0.3 is 0 Å². The summed E-state index contributed by atoms with van der Waals surface area (Å²) in [4.78, 5) is 33.3. The van der Waals surface area contributed by atoms with E-state index < -0.39 is 5.92 Å². The maximum atomic E-state index is 13.5. The van der Waals surface area contributed by atoms with Gasteiger partial charge in [0.25, 0.3) is 5.91 Å². The third kappa shape index (κ3) is 4.56. The van der Waals surface area contributed by atoms with E-state index in [1.54, 1.807) is 12.3 Å². The predicted molar refractivity (Wildman–Crippen MR) is 132 cm³/mol. The lowest BCUT2D eigenvalue weighted by atomic mass is 9.68. The highest BCUT2D eigenvalue weighted by Gasteiger charge is 2.42. The molecule has 2 N–H and O–H groups in total. The number of dihydropyridines is 1. The molecule has 1 aliphatic heterocycles. The van der Waals surface area contributed by atoms with Gasteiger partial charge in [0.1, 0.15) is 5.82 Å². The quantitative estimate of drug-likeness (QED) is 0.715. The Hall–Kier alpha value is -3.41. The Balaban J connectivity index is 1.79. The molecule has 4 rings (SSSR count). The molecule has 0 saturated heterocycles. The number of carbonyl (C=O) groups is 2. The standard InChI is InChI=1S/C27H32N4O2/c1-16-7-12-22(28-15-16)30-26(33)23-17(2)29-20-13-27(3,4)14-21(32)25(20)24(23)18-8-10-19(11-9-18)31(5)6/h7-12,15,24,29H,13-14H2,1-6H3,(H,28,30,33)/t24-/m0/s1. The zero-order valence-corrected chi connectivity index (χ0v) is 20.2. The minimum atomic E-state index is -0.425. The van der Waals surface area contributed by atoms with Crippen LogP contribution in [0.4, 0.5) is 11.5 Å². The first-order chi connectivity index (χ1) is 15.6. The third-order valence-corrected chi connectivity index (χ3v) is 6.38. The van der Waals surface area contributed by atoms with Crippen LogP contribution in [0.25, 0.3) is 0 Å². The molecule has 2 aromatic rings. The van der Waals surface area contributed by atoms with Crippen LogP contribution in [0.3, 0.4) is 0 Å². The van der Waals surface area contributed by atoms with E-state index in [4.69, 9.17) is 0 Å². The normalized spacial score (nSPS) is 19.7. The average molecular weight is 445 g/mol. The number of aromatic nitrogens is 1. The summed E-state index contributed by atoms with van der Waals surface area (Å²) in [5.41, 5.74) is 5.87. The molecule has 1 aromatic carbocycles. The van der Waals surface area contributed by atoms with Gasteiger partial charge in [0.2, 0.25) is 0 Å². The van der Waals surface area contributed by atoms with Crippen molar-refractivity contribution in [3.8, 4) is 0 Å². The summed E-state index contributed by atoms with van der Waals surface area (Å²) >= 11 is 0. The summed E-state index contributed by atoms with van der Waals surface area (Å²) in [6.07, 6.45) is 2.96. The fraction of sp³-hybridized carbons (Fsp3) is 0.370. The number of nitrogens with one attached hydrogen (secondary N) is 2. The molecule has 1 aliphatic carbocycles. The molecule has 33 heavy (non-hydrogen) atoms. The number of hydrogen-bond acceptors (Lipinski definition) is 5. The lowest BCUT2D eigenvalue weighted by molar-refractivity contribution is -0.118. The van der Waals surface area contributed by atoms with Crippen LogP contribution in [-0.4, -0.2) is 30.8 Å². The second-order valence-electron chi connectivity index (χ2n) is 10.1. The largest absolute Gasteiger partial charge is 0.378 e. The fourth-order valence-corrected chi connectivity index (χ4v) is 4.76. The van der Waals surface area contributed by atoms with Crippen molar-refractivity contribution < 1.29 is 9.59 Å². The molecular weight excluding hydrogens is 412 g/mol. The minimum Gasteiger partial charge on any atom is -0.378 e. The second-order valence-corrected chi connectivity index (χ2v) is 10.1. The van der Waals surface area contributed by atoms with E-state index in [9.17, 15) is 9.59 Å². The molecule has 1 amide bonds. The Labute approximate surface area is 195 Å². The van der Waals surface area contributed by atoms with Crippen molar-refractivity contribution in [1.29, 1.82) is 0 Å². The number of aryl methyl sites for hydroxylation is 1. The fourth-order valence-electron chi connectivity index (χ4n) is 4.76. The number of pyridine rings is 1. The molecule has 172 valence electrons. The van der Waals surface area contributed by atoms with Crippen LogP contribution in [0.5, 0.6) is 0 Å². The van der Waals surface area contributed by atoms with Crippen molar-refractivity contribution in [2.45, 2.75) is 46.5 Å². The number of benzene rings is 1. The molecule has 0 saturated carbocycles. The van der Waals surface area contributed by atoms with Crippen LogP contribution in [-0.2, 0) is 9.59 Å². The van der Waals surface area contributed by atoms with Crippen LogP contribution in [0.15, 0.2) is 65.1 Å². The van der Waals surface area contributed by atoms with E-state index in [0.717, 1.165) is 34.6 Å². The van der Waals surface area contributed by atoms with Crippen molar-refractivity contribution in [2.24, 2.45) is 5.41 Å². The number of nitrogens with zero attached hydrogens (tertiary/aromatic N) is 2. The van der Waals surface area contributed by atoms with Crippen LogP contribution in [0, 0.1) is 12.3 Å². The molecule has 2 aliphatic rings. The number of hydrogen-bond donors (Lipinski definition) is 2. The third-order valence-electron chi connectivity index (χ3n) is 6.38. The highest BCUT2D eigenvalue weighted by atomic mass is 16.2. The van der Waals surface area contributed by atoms with Crippen LogP contribution < -0.4 is 15.5 Å². The van der Waals surface area contributed by atoms with Gasteiger partial charge in [-0.25, -0.2) is 4.98 Å². The zero-order valence-electron chi connectivity index (χ0n) is 20.2. The Bertz CT molecular complexity index is 1160. The van der Waals surface area contributed by atoms with Gasteiger partial charge in [0, 0.05) is 60.9 Å². The molecule has 1 atom stereocenters. The van der Waals surface area contributed by atoms with E-state index >= 15 is 0 Å². The van der Waals surface area contributed by atoms with Gasteiger partial charge in [-0.2, -0.15) is 0 Å². The minimum absolute atomic E-state index is 0.0988. The van der Waals surface area contributed by atoms with Crippen LogP contribution in [0.1, 0.15) is 50.7 Å². The van der Waals surface area contributed by atoms with E-state index in [-0.39, 0.29) is 17.1 Å². The first-order valence-electron chi connectivity index (χ1n) is 11.3. The summed E-state index contributed by atoms with van der Waals surface area (Å²) in [5, 5.41) is 6.34. The van der Waals surface area contributed by atoms with Crippen molar-refractivity contribution in [3.05, 3.63) is 76.3 Å². The van der Waals surface area contributed by atoms with Gasteiger partial charge in [-0.05, 0) is 55.0 Å². The Morgan fingerprint density at radius 2 is 1.79 bits per heavy atom. The number of Topliss-reactive ketones (excluding diaryl/α,β-unsaturated/α-hetero) is 1. The van der Waals surface area contributed by atoms with E-state index in [1.807, 2.05) is 63.2 Å². The average Bonchev–Trinajstić information content (AvgIpc) is 2.73. The summed E-state index contributed by atoms with van der Waals surface area (Å²) in [6, 6.07) is 11.8. The molecule has 0 radical (unpaired) electrons. The van der Waals surface area contributed by atoms with Crippen molar-refractivity contribution in [3.63, 3.8) is 0 Å². The van der Waals surface area contributed by atoms with Gasteiger partial charge in [-0.3, -0.25) is 9.59 Å². The summed E-state index contributed by atoms with van der Waals surface area (Å²) < 4.78 is 0. The SMILES string of the molecule is CC1=C(C(=O)Nc2ccc(C)cn2)[C@H](c2ccc(N(C)C)cc2)C2=C(CC(C)(C)CC2=O)N1. The molecule has 1 aromatic heterocycles. The molecule has 2 heterocycles. The number of rotatable bonds is 4. The maximum absolute atomic E-state index is 13.5. The molecule has 6 heteroatoms. The Morgan fingerprint density at radius 3 is 2.39 bits per heavy atom. The Kier molecular flexibility index (Phi) is 5.87. The summed E-state index contributed by atoms with van der Waals surface area (Å²) in [7, 11) is 3.98. The summed E-state index contributed by atoms with van der Waals surface area (Å²) in [5.74, 6) is -0.0843. The second kappa shape index (κ2) is 8.50. The topological polar surface area (TPSA) is 74.3 Å². The van der Waals surface area contributed by atoms with Gasteiger partial charge in [0.05, 0.1) is 0 Å². The molecule has 0 unspecified atom stereocenters. The van der Waals surface area contributed by atoms with Crippen molar-refractivity contribution >= 4 is 23.2 Å². The molecule has 0 bridgehead atoms. The highest BCUT2D eigenvalue weighted by Crippen LogP contribution is 2.46. The van der Waals surface area contributed by atoms with Crippen molar-refractivity contribution in [1.82, 2.24) is 10.3 Å². The van der Waals surface area contributed by atoms with Gasteiger partial charge < -0.3 is 15.5 Å². The number of ketones is 1. The molecular formula is C27H32N4O2. The first-order valence-corrected chi connectivity index (χ1v) is 11.3. The lowest BCUT2D eigenvalue weighted by Crippen LogP contribution is -2.39. The lowest BCUT2D eigenvalue weighted by Gasteiger charge is -2.39.